The molecular formula is C13H16FNO3. The van der Waals surface area contributed by atoms with Gasteiger partial charge in [-0.1, -0.05) is 6.42 Å². The van der Waals surface area contributed by atoms with Gasteiger partial charge in [0.05, 0.1) is 0 Å². The van der Waals surface area contributed by atoms with Gasteiger partial charge < -0.3 is 19.9 Å². The molecule has 1 aromatic carbocycles. The highest BCUT2D eigenvalue weighted by atomic mass is 19.1. The molecule has 0 aliphatic carbocycles. The molecule has 2 aliphatic rings. The summed E-state index contributed by atoms with van der Waals surface area (Å²) in [5.74, 6) is -0.0888. The zero-order chi connectivity index (χ0) is 12.5. The Balaban J connectivity index is 1.90. The van der Waals surface area contributed by atoms with Gasteiger partial charge in [0.1, 0.15) is 0 Å². The minimum absolute atomic E-state index is 0.0866. The van der Waals surface area contributed by atoms with Crippen molar-refractivity contribution in [1.82, 2.24) is 5.32 Å². The second-order valence-electron chi connectivity index (χ2n) is 4.77. The number of fused-ring (bicyclic) bond motifs is 1. The summed E-state index contributed by atoms with van der Waals surface area (Å²) in [5.41, 5.74) is 0.418. The van der Waals surface area contributed by atoms with Gasteiger partial charge in [-0.2, -0.15) is 0 Å². The summed E-state index contributed by atoms with van der Waals surface area (Å²) in [4.78, 5) is 0. The van der Waals surface area contributed by atoms with E-state index >= 15 is 0 Å². The van der Waals surface area contributed by atoms with Crippen molar-refractivity contribution in [2.24, 2.45) is 0 Å². The number of hydrogen-bond donors (Lipinski definition) is 2. The Labute approximate surface area is 105 Å². The molecule has 3 rings (SSSR count). The number of benzene rings is 1. The van der Waals surface area contributed by atoms with Crippen LogP contribution in [0.3, 0.4) is 0 Å². The molecule has 2 aliphatic heterocycles. The molecule has 1 fully saturated rings. The lowest BCUT2D eigenvalue weighted by Crippen LogP contribution is -2.35. The molecule has 0 spiro atoms. The molecular weight excluding hydrogens is 237 g/mol. The Bertz CT molecular complexity index is 458. The average molecular weight is 253 g/mol. The van der Waals surface area contributed by atoms with Gasteiger partial charge in [0.2, 0.25) is 6.79 Å². The van der Waals surface area contributed by atoms with Crippen molar-refractivity contribution in [2.45, 2.75) is 31.7 Å². The fourth-order valence-electron chi connectivity index (χ4n) is 2.60. The predicted molar refractivity (Wildman–Crippen MR) is 63.5 cm³/mol. The van der Waals surface area contributed by atoms with Crippen LogP contribution in [-0.4, -0.2) is 24.5 Å². The molecule has 5 heteroatoms. The zero-order valence-electron chi connectivity index (χ0n) is 10.0. The van der Waals surface area contributed by atoms with E-state index in [4.69, 9.17) is 9.47 Å². The summed E-state index contributed by atoms with van der Waals surface area (Å²) in [6.45, 7) is 1.05. The molecule has 98 valence electrons. The Morgan fingerprint density at radius 2 is 2.28 bits per heavy atom. The largest absolute Gasteiger partial charge is 0.505 e. The number of halogens is 1. The number of ether oxygens (including phenoxy) is 2. The van der Waals surface area contributed by atoms with Gasteiger partial charge in [-0.25, -0.2) is 4.39 Å². The summed E-state index contributed by atoms with van der Waals surface area (Å²) < 4.78 is 24.5. The Hall–Kier alpha value is -1.49. The highest BCUT2D eigenvalue weighted by molar-refractivity contribution is 5.54. The smallest absolute Gasteiger partial charge is 0.231 e. The highest BCUT2D eigenvalue weighted by Crippen LogP contribution is 2.42. The van der Waals surface area contributed by atoms with Crippen molar-refractivity contribution >= 4 is 0 Å². The number of phenolic OH excluding ortho intramolecular Hbond substituents is 1. The topological polar surface area (TPSA) is 50.7 Å². The summed E-state index contributed by atoms with van der Waals surface area (Å²) in [7, 11) is 0. The molecule has 2 N–H and O–H groups in total. The first kappa shape index (κ1) is 11.6. The van der Waals surface area contributed by atoms with Gasteiger partial charge in [-0.3, -0.25) is 0 Å². The number of phenols is 1. The van der Waals surface area contributed by atoms with Crippen LogP contribution >= 0.6 is 0 Å². The summed E-state index contributed by atoms with van der Waals surface area (Å²) >= 11 is 0. The van der Waals surface area contributed by atoms with Gasteiger partial charge in [0, 0.05) is 17.7 Å². The van der Waals surface area contributed by atoms with Crippen LogP contribution in [-0.2, 0) is 6.42 Å². The molecule has 4 nitrogen and oxygen atoms in total. The molecule has 1 aromatic rings. The molecule has 0 amide bonds. The van der Waals surface area contributed by atoms with E-state index < -0.39 is 5.82 Å². The average Bonchev–Trinajstić information content (AvgIpc) is 2.84. The van der Waals surface area contributed by atoms with Crippen LogP contribution in [0.25, 0.3) is 0 Å². The maximum absolute atomic E-state index is 14.0. The van der Waals surface area contributed by atoms with Crippen LogP contribution in [0, 0.1) is 5.82 Å². The van der Waals surface area contributed by atoms with Crippen LogP contribution in [0.1, 0.15) is 24.8 Å². The molecule has 1 saturated heterocycles. The van der Waals surface area contributed by atoms with E-state index in [1.54, 1.807) is 0 Å². The van der Waals surface area contributed by atoms with E-state index in [1.165, 1.54) is 6.07 Å². The molecule has 18 heavy (non-hydrogen) atoms. The van der Waals surface area contributed by atoms with Crippen molar-refractivity contribution in [3.05, 3.63) is 17.4 Å². The summed E-state index contributed by atoms with van der Waals surface area (Å²) in [6.07, 6.45) is 3.85. The van der Waals surface area contributed by atoms with E-state index in [0.717, 1.165) is 25.8 Å². The Kier molecular flexibility index (Phi) is 2.99. The first-order valence-electron chi connectivity index (χ1n) is 6.29. The van der Waals surface area contributed by atoms with Crippen molar-refractivity contribution in [3.63, 3.8) is 0 Å². The molecule has 0 radical (unpaired) electrons. The first-order chi connectivity index (χ1) is 8.75. The van der Waals surface area contributed by atoms with E-state index in [2.05, 4.69) is 5.32 Å². The van der Waals surface area contributed by atoms with Gasteiger partial charge in [-0.15, -0.1) is 0 Å². The summed E-state index contributed by atoms with van der Waals surface area (Å²) in [6, 6.07) is 1.51. The second-order valence-corrected chi connectivity index (χ2v) is 4.77. The maximum atomic E-state index is 14.0. The third-order valence-electron chi connectivity index (χ3n) is 3.54. The van der Waals surface area contributed by atoms with E-state index in [0.29, 0.717) is 23.5 Å². The Morgan fingerprint density at radius 3 is 3.06 bits per heavy atom. The SMILES string of the molecule is Oc1cc2c(c(CC3CCCCN3)c1F)OCO2. The Morgan fingerprint density at radius 1 is 1.39 bits per heavy atom. The normalized spacial score (nSPS) is 22.2. The van der Waals surface area contributed by atoms with Crippen molar-refractivity contribution in [1.29, 1.82) is 0 Å². The molecule has 1 atom stereocenters. The number of rotatable bonds is 2. The maximum Gasteiger partial charge on any atom is 0.231 e. The van der Waals surface area contributed by atoms with Crippen molar-refractivity contribution in [3.8, 4) is 17.2 Å². The number of aromatic hydroxyl groups is 1. The van der Waals surface area contributed by atoms with Crippen LogP contribution in [0.15, 0.2) is 6.07 Å². The van der Waals surface area contributed by atoms with E-state index in [9.17, 15) is 9.50 Å². The van der Waals surface area contributed by atoms with Crippen LogP contribution < -0.4 is 14.8 Å². The minimum Gasteiger partial charge on any atom is -0.505 e. The minimum atomic E-state index is -0.591. The number of nitrogens with one attached hydrogen (secondary N) is 1. The third-order valence-corrected chi connectivity index (χ3v) is 3.54. The van der Waals surface area contributed by atoms with Gasteiger partial charge in [0.15, 0.2) is 23.1 Å². The summed E-state index contributed by atoms with van der Waals surface area (Å²) in [5, 5.41) is 12.9. The second kappa shape index (κ2) is 4.65. The van der Waals surface area contributed by atoms with E-state index in [-0.39, 0.29) is 18.6 Å². The van der Waals surface area contributed by atoms with Gasteiger partial charge >= 0.3 is 0 Å². The third kappa shape index (κ3) is 1.99. The first-order valence-corrected chi connectivity index (χ1v) is 6.29. The fraction of sp³-hybridized carbons (Fsp3) is 0.538. The molecule has 1 unspecified atom stereocenters. The van der Waals surface area contributed by atoms with Crippen LogP contribution in [0.5, 0.6) is 17.2 Å². The van der Waals surface area contributed by atoms with Crippen LogP contribution in [0.2, 0.25) is 0 Å². The van der Waals surface area contributed by atoms with Crippen LogP contribution in [0.4, 0.5) is 4.39 Å². The van der Waals surface area contributed by atoms with Gasteiger partial charge in [-0.05, 0) is 25.8 Å². The highest BCUT2D eigenvalue weighted by Gasteiger charge is 2.27. The molecule has 2 heterocycles. The molecule has 0 bridgehead atoms. The molecule has 0 saturated carbocycles. The zero-order valence-corrected chi connectivity index (χ0v) is 10.0. The van der Waals surface area contributed by atoms with E-state index in [1.807, 2.05) is 0 Å². The lowest BCUT2D eigenvalue weighted by molar-refractivity contribution is 0.172. The number of hydrogen-bond acceptors (Lipinski definition) is 4. The van der Waals surface area contributed by atoms with Crippen molar-refractivity contribution < 1.29 is 19.0 Å². The molecule has 0 aromatic heterocycles. The lowest BCUT2D eigenvalue weighted by Gasteiger charge is -2.24. The fourth-order valence-corrected chi connectivity index (χ4v) is 2.60. The van der Waals surface area contributed by atoms with Crippen molar-refractivity contribution in [2.75, 3.05) is 13.3 Å². The predicted octanol–water partition coefficient (Wildman–Crippen LogP) is 1.94. The number of piperidine rings is 1. The quantitative estimate of drug-likeness (QED) is 0.845. The lowest BCUT2D eigenvalue weighted by atomic mass is 9.96. The van der Waals surface area contributed by atoms with Gasteiger partial charge in [0.25, 0.3) is 0 Å². The standard InChI is InChI=1S/C13H16FNO3/c14-12-9(5-8-3-1-2-4-15-8)13-11(6-10(12)16)17-7-18-13/h6,8,15-16H,1-5,7H2. The monoisotopic (exact) mass is 253 g/mol.